The molecule has 0 spiro atoms. The first-order chi connectivity index (χ1) is 10.4. The van der Waals surface area contributed by atoms with E-state index in [1.54, 1.807) is 17.0 Å². The van der Waals surface area contributed by atoms with Gasteiger partial charge >= 0.3 is 0 Å². The van der Waals surface area contributed by atoms with Gasteiger partial charge in [-0.2, -0.15) is 0 Å². The molecule has 1 fully saturated rings. The number of hydrogen-bond donors (Lipinski definition) is 0. The molecular formula is C14H16ClNO5S. The highest BCUT2D eigenvalue weighted by atomic mass is 35.5. The molecule has 8 heteroatoms. The normalized spacial score (nSPS) is 17.0. The molecule has 0 radical (unpaired) electrons. The number of likely N-dealkylation sites (tertiary alicyclic amines) is 1. The van der Waals surface area contributed by atoms with Crippen molar-refractivity contribution in [2.24, 2.45) is 0 Å². The van der Waals surface area contributed by atoms with Gasteiger partial charge in [-0.05, 0) is 24.1 Å². The van der Waals surface area contributed by atoms with Crippen molar-refractivity contribution >= 4 is 27.3 Å². The van der Waals surface area contributed by atoms with E-state index in [1.807, 2.05) is 0 Å². The number of nitrogens with zero attached hydrogens (tertiary/aromatic N) is 1. The summed E-state index contributed by atoms with van der Waals surface area (Å²) in [4.78, 5) is 13.4. The minimum absolute atomic E-state index is 0.247. The monoisotopic (exact) mass is 345 g/mol. The highest BCUT2D eigenvalue weighted by molar-refractivity contribution is 7.91. The zero-order chi connectivity index (χ0) is 15.7. The number of hydrogen-bond acceptors (Lipinski definition) is 5. The summed E-state index contributed by atoms with van der Waals surface area (Å²) in [6.45, 7) is 2.09. The van der Waals surface area contributed by atoms with Gasteiger partial charge in [-0.15, -0.1) is 0 Å². The zero-order valence-corrected chi connectivity index (χ0v) is 13.5. The Bertz CT molecular complexity index is 699. The van der Waals surface area contributed by atoms with Crippen molar-refractivity contribution in [2.75, 3.05) is 32.1 Å². The number of sulfone groups is 1. The maximum Gasteiger partial charge on any atom is 0.237 e. The third-order valence-corrected chi connectivity index (χ3v) is 5.34. The largest absolute Gasteiger partial charge is 0.486 e. The molecule has 0 aromatic heterocycles. The van der Waals surface area contributed by atoms with Crippen molar-refractivity contribution in [3.05, 3.63) is 22.7 Å². The van der Waals surface area contributed by atoms with Crippen LogP contribution in [0.15, 0.2) is 12.1 Å². The molecule has 1 aromatic rings. The lowest BCUT2D eigenvalue weighted by molar-refractivity contribution is -0.131. The molecule has 1 aromatic carbocycles. The highest BCUT2D eigenvalue weighted by Gasteiger charge is 2.26. The molecule has 120 valence electrons. The van der Waals surface area contributed by atoms with Gasteiger partial charge in [0.05, 0.1) is 10.8 Å². The number of fused-ring (bicyclic) bond motifs is 1. The molecule has 2 aliphatic rings. The number of amides is 1. The van der Waals surface area contributed by atoms with Crippen LogP contribution in [-0.2, 0) is 20.4 Å². The van der Waals surface area contributed by atoms with Gasteiger partial charge in [0.15, 0.2) is 21.3 Å². The minimum Gasteiger partial charge on any atom is -0.486 e. The summed E-state index contributed by atoms with van der Waals surface area (Å²) < 4.78 is 35.2. The number of halogens is 1. The SMILES string of the molecule is O=C(CS(=O)(=O)Cc1cc(Cl)c2c(c1)OCCO2)N1CCC1. The van der Waals surface area contributed by atoms with E-state index in [1.165, 1.54) is 0 Å². The summed E-state index contributed by atoms with van der Waals surface area (Å²) in [7, 11) is -3.54. The van der Waals surface area contributed by atoms with Crippen molar-refractivity contribution in [2.45, 2.75) is 12.2 Å². The van der Waals surface area contributed by atoms with Crippen molar-refractivity contribution in [1.82, 2.24) is 4.90 Å². The fourth-order valence-corrected chi connectivity index (χ4v) is 4.02. The molecule has 6 nitrogen and oxygen atoms in total. The van der Waals surface area contributed by atoms with Crippen LogP contribution in [0.3, 0.4) is 0 Å². The molecule has 1 saturated heterocycles. The summed E-state index contributed by atoms with van der Waals surface area (Å²) >= 11 is 6.09. The van der Waals surface area contributed by atoms with E-state index in [-0.39, 0.29) is 11.7 Å². The molecule has 0 bridgehead atoms. The summed E-state index contributed by atoms with van der Waals surface area (Å²) in [5.74, 6) is -0.180. The lowest BCUT2D eigenvalue weighted by atomic mass is 10.2. The smallest absolute Gasteiger partial charge is 0.237 e. The molecule has 0 unspecified atom stereocenters. The van der Waals surface area contributed by atoms with Crippen LogP contribution >= 0.6 is 11.6 Å². The van der Waals surface area contributed by atoms with Gasteiger partial charge in [0.25, 0.3) is 0 Å². The van der Waals surface area contributed by atoms with E-state index in [4.69, 9.17) is 21.1 Å². The van der Waals surface area contributed by atoms with E-state index in [2.05, 4.69) is 0 Å². The van der Waals surface area contributed by atoms with Crippen molar-refractivity contribution in [1.29, 1.82) is 0 Å². The number of carbonyl (C=O) groups excluding carboxylic acids is 1. The van der Waals surface area contributed by atoms with E-state index < -0.39 is 15.6 Å². The molecule has 3 rings (SSSR count). The van der Waals surface area contributed by atoms with Gasteiger partial charge in [-0.1, -0.05) is 11.6 Å². The third-order valence-electron chi connectivity index (χ3n) is 3.60. The molecule has 1 amide bonds. The highest BCUT2D eigenvalue weighted by Crippen LogP contribution is 2.38. The second kappa shape index (κ2) is 5.96. The predicted octanol–water partition coefficient (Wildman–Crippen LogP) is 1.26. The van der Waals surface area contributed by atoms with E-state index in [9.17, 15) is 13.2 Å². The topological polar surface area (TPSA) is 72.9 Å². The van der Waals surface area contributed by atoms with Crippen LogP contribution in [0.2, 0.25) is 5.02 Å². The molecule has 22 heavy (non-hydrogen) atoms. The van der Waals surface area contributed by atoms with Crippen LogP contribution < -0.4 is 9.47 Å². The Balaban J connectivity index is 1.74. The van der Waals surface area contributed by atoms with Crippen LogP contribution in [0.25, 0.3) is 0 Å². The fourth-order valence-electron chi connectivity index (χ4n) is 2.40. The second-order valence-corrected chi connectivity index (χ2v) is 7.84. The average Bonchev–Trinajstić information content (AvgIpc) is 2.35. The van der Waals surface area contributed by atoms with Gasteiger partial charge < -0.3 is 14.4 Å². The Morgan fingerprint density at radius 1 is 1.23 bits per heavy atom. The molecule has 2 heterocycles. The number of ether oxygens (including phenoxy) is 2. The summed E-state index contributed by atoms with van der Waals surface area (Å²) in [5.41, 5.74) is 0.491. The molecule has 0 aliphatic carbocycles. The number of rotatable bonds is 4. The number of benzene rings is 1. The predicted molar refractivity (Wildman–Crippen MR) is 81.1 cm³/mol. The Morgan fingerprint density at radius 2 is 1.95 bits per heavy atom. The van der Waals surface area contributed by atoms with E-state index in [0.717, 1.165) is 6.42 Å². The first-order valence-electron chi connectivity index (χ1n) is 7.01. The van der Waals surface area contributed by atoms with Crippen molar-refractivity contribution < 1.29 is 22.7 Å². The standard InChI is InChI=1S/C14H16ClNO5S/c15-11-6-10(7-12-14(11)21-5-4-20-12)8-22(18,19)9-13(17)16-2-1-3-16/h6-7H,1-5,8-9H2. The quantitative estimate of drug-likeness (QED) is 0.821. The maximum absolute atomic E-state index is 12.2. The van der Waals surface area contributed by atoms with E-state index in [0.29, 0.717) is 48.4 Å². The van der Waals surface area contributed by atoms with Crippen LogP contribution in [-0.4, -0.2) is 51.3 Å². The maximum atomic E-state index is 12.2. The second-order valence-electron chi connectivity index (χ2n) is 5.37. The summed E-state index contributed by atoms with van der Waals surface area (Å²) in [6, 6.07) is 3.15. The molecule has 2 aliphatic heterocycles. The Hall–Kier alpha value is -1.47. The average molecular weight is 346 g/mol. The number of carbonyl (C=O) groups is 1. The van der Waals surface area contributed by atoms with Crippen molar-refractivity contribution in [3.8, 4) is 11.5 Å². The first kappa shape index (κ1) is 15.4. The first-order valence-corrected chi connectivity index (χ1v) is 9.21. The lowest BCUT2D eigenvalue weighted by Gasteiger charge is -2.30. The van der Waals surface area contributed by atoms with Gasteiger partial charge in [-0.25, -0.2) is 8.42 Å². The van der Waals surface area contributed by atoms with E-state index >= 15 is 0 Å². The molecular weight excluding hydrogens is 330 g/mol. The van der Waals surface area contributed by atoms with Crippen LogP contribution in [0.4, 0.5) is 0 Å². The van der Waals surface area contributed by atoms with Gasteiger partial charge in [0.1, 0.15) is 19.0 Å². The summed E-state index contributed by atoms with van der Waals surface area (Å²) in [5, 5.41) is 0.316. The lowest BCUT2D eigenvalue weighted by Crippen LogP contribution is -2.44. The molecule has 0 saturated carbocycles. The van der Waals surface area contributed by atoms with Gasteiger partial charge in [0, 0.05) is 13.1 Å². The van der Waals surface area contributed by atoms with Crippen LogP contribution in [0.1, 0.15) is 12.0 Å². The Morgan fingerprint density at radius 3 is 2.64 bits per heavy atom. The third kappa shape index (κ3) is 3.30. The van der Waals surface area contributed by atoms with Crippen LogP contribution in [0, 0.1) is 0 Å². The minimum atomic E-state index is -3.54. The Kier molecular flexibility index (Phi) is 4.18. The van der Waals surface area contributed by atoms with Crippen LogP contribution in [0.5, 0.6) is 11.5 Å². The van der Waals surface area contributed by atoms with Gasteiger partial charge in [-0.3, -0.25) is 4.79 Å². The summed E-state index contributed by atoms with van der Waals surface area (Å²) in [6.07, 6.45) is 0.934. The van der Waals surface area contributed by atoms with Crippen molar-refractivity contribution in [3.63, 3.8) is 0 Å². The van der Waals surface area contributed by atoms with Gasteiger partial charge in [0.2, 0.25) is 5.91 Å². The molecule has 0 N–H and O–H groups in total. The Labute approximate surface area is 133 Å². The molecule has 0 atom stereocenters. The zero-order valence-electron chi connectivity index (χ0n) is 11.9. The fraction of sp³-hybridized carbons (Fsp3) is 0.500.